The molecule has 106 valence electrons. The average molecular weight is 348 g/mol. The number of carbonyl (C=O) groups is 1. The number of carboxylic acids is 1. The molecule has 6 heteroatoms. The van der Waals surface area contributed by atoms with Gasteiger partial charge in [-0.15, -0.1) is 11.3 Å². The van der Waals surface area contributed by atoms with Crippen LogP contribution in [-0.2, 0) is 16.1 Å². The van der Waals surface area contributed by atoms with Crippen LogP contribution in [0, 0.1) is 5.41 Å². The van der Waals surface area contributed by atoms with Gasteiger partial charge in [0.2, 0.25) is 0 Å². The van der Waals surface area contributed by atoms with Crippen LogP contribution < -0.4 is 0 Å². The van der Waals surface area contributed by atoms with Crippen molar-refractivity contribution >= 4 is 33.2 Å². The highest BCUT2D eigenvalue weighted by Gasteiger charge is 2.41. The number of hydrogen-bond acceptors (Lipinski definition) is 4. The monoisotopic (exact) mass is 347 g/mol. The van der Waals surface area contributed by atoms with Crippen molar-refractivity contribution in [2.75, 3.05) is 26.8 Å². The molecule has 4 nitrogen and oxygen atoms in total. The Balaban J connectivity index is 1.98. The van der Waals surface area contributed by atoms with Crippen molar-refractivity contribution in [3.63, 3.8) is 0 Å². The molecular formula is C13H18BrNO3S. The summed E-state index contributed by atoms with van der Waals surface area (Å²) in [5.74, 6) is -0.744. The molecule has 1 aromatic heterocycles. The Kier molecular flexibility index (Phi) is 5.00. The number of carboxylic acid groups (broad SMARTS) is 1. The van der Waals surface area contributed by atoms with Gasteiger partial charge in [-0.25, -0.2) is 0 Å². The normalized spacial score (nSPS) is 23.7. The molecule has 2 heterocycles. The molecular weight excluding hydrogens is 330 g/mol. The maximum atomic E-state index is 11.6. The fraction of sp³-hybridized carbons (Fsp3) is 0.615. The second-order valence-electron chi connectivity index (χ2n) is 5.15. The third kappa shape index (κ3) is 3.78. The Hall–Kier alpha value is -0.430. The second kappa shape index (κ2) is 6.35. The summed E-state index contributed by atoms with van der Waals surface area (Å²) in [6.45, 7) is 2.29. The smallest absolute Gasteiger partial charge is 0.313 e. The van der Waals surface area contributed by atoms with Gasteiger partial charge < -0.3 is 14.7 Å². The van der Waals surface area contributed by atoms with E-state index in [9.17, 15) is 9.90 Å². The number of rotatable bonds is 5. The minimum Gasteiger partial charge on any atom is -0.481 e. The molecule has 1 saturated heterocycles. The summed E-state index contributed by atoms with van der Waals surface area (Å²) >= 11 is 5.11. The number of thiophene rings is 1. The van der Waals surface area contributed by atoms with Gasteiger partial charge in [-0.2, -0.15) is 0 Å². The summed E-state index contributed by atoms with van der Waals surface area (Å²) in [6.07, 6.45) is 1.52. The fourth-order valence-electron chi connectivity index (χ4n) is 2.49. The van der Waals surface area contributed by atoms with E-state index < -0.39 is 11.4 Å². The highest BCUT2D eigenvalue weighted by molar-refractivity contribution is 9.10. The first-order chi connectivity index (χ1) is 9.02. The zero-order valence-corrected chi connectivity index (χ0v) is 13.3. The van der Waals surface area contributed by atoms with Crippen LogP contribution in [0.4, 0.5) is 0 Å². The van der Waals surface area contributed by atoms with E-state index in [0.717, 1.165) is 17.4 Å². The summed E-state index contributed by atoms with van der Waals surface area (Å²) in [6, 6.07) is 2.08. The van der Waals surface area contributed by atoms with Crippen LogP contribution in [0.25, 0.3) is 0 Å². The van der Waals surface area contributed by atoms with Crippen LogP contribution in [0.5, 0.6) is 0 Å². The van der Waals surface area contributed by atoms with Crippen LogP contribution in [-0.4, -0.2) is 42.8 Å². The number of ether oxygens (including phenoxy) is 1. The molecule has 0 aromatic carbocycles. The molecule has 2 rings (SSSR count). The van der Waals surface area contributed by atoms with Gasteiger partial charge in [-0.05, 0) is 41.9 Å². The Labute approximate surface area is 125 Å². The molecule has 0 aliphatic carbocycles. The van der Waals surface area contributed by atoms with Gasteiger partial charge in [0.15, 0.2) is 0 Å². The number of aliphatic carboxylic acids is 1. The van der Waals surface area contributed by atoms with E-state index in [-0.39, 0.29) is 0 Å². The van der Waals surface area contributed by atoms with Crippen LogP contribution in [0.3, 0.4) is 0 Å². The van der Waals surface area contributed by atoms with Gasteiger partial charge in [0.1, 0.15) is 5.41 Å². The summed E-state index contributed by atoms with van der Waals surface area (Å²) < 4.78 is 6.47. The first kappa shape index (κ1) is 15.0. The van der Waals surface area contributed by atoms with Crippen molar-refractivity contribution in [1.29, 1.82) is 0 Å². The van der Waals surface area contributed by atoms with Gasteiger partial charge in [0.05, 0.1) is 6.61 Å². The summed E-state index contributed by atoms with van der Waals surface area (Å²) in [7, 11) is 1.97. The van der Waals surface area contributed by atoms with Crippen LogP contribution in [0.2, 0.25) is 0 Å². The molecule has 1 aromatic rings. The Bertz CT molecular complexity index is 443. The van der Waals surface area contributed by atoms with Crippen molar-refractivity contribution in [1.82, 2.24) is 4.90 Å². The predicted molar refractivity (Wildman–Crippen MR) is 78.5 cm³/mol. The van der Waals surface area contributed by atoms with E-state index in [4.69, 9.17) is 4.74 Å². The number of hydrogen-bond donors (Lipinski definition) is 1. The maximum absolute atomic E-state index is 11.6. The third-order valence-electron chi connectivity index (χ3n) is 3.40. The van der Waals surface area contributed by atoms with Crippen molar-refractivity contribution in [3.05, 3.63) is 20.8 Å². The summed E-state index contributed by atoms with van der Waals surface area (Å²) in [4.78, 5) is 14.9. The highest BCUT2D eigenvalue weighted by Crippen LogP contribution is 2.31. The molecule has 1 unspecified atom stereocenters. The lowest BCUT2D eigenvalue weighted by Gasteiger charge is -2.36. The van der Waals surface area contributed by atoms with Gasteiger partial charge in [0, 0.05) is 34.4 Å². The molecule has 1 aliphatic rings. The molecule has 1 atom stereocenters. The Morgan fingerprint density at radius 3 is 3.00 bits per heavy atom. The predicted octanol–water partition coefficient (Wildman–Crippen LogP) is 2.82. The van der Waals surface area contributed by atoms with Gasteiger partial charge in [0.25, 0.3) is 0 Å². The lowest BCUT2D eigenvalue weighted by molar-refractivity contribution is -0.159. The molecule has 1 aliphatic heterocycles. The van der Waals surface area contributed by atoms with Crippen molar-refractivity contribution in [2.45, 2.75) is 19.4 Å². The Morgan fingerprint density at radius 2 is 2.47 bits per heavy atom. The minimum atomic E-state index is -0.749. The van der Waals surface area contributed by atoms with Gasteiger partial charge in [-0.3, -0.25) is 4.79 Å². The molecule has 0 amide bonds. The first-order valence-electron chi connectivity index (χ1n) is 6.24. The van der Waals surface area contributed by atoms with E-state index in [1.165, 1.54) is 4.88 Å². The van der Waals surface area contributed by atoms with E-state index in [2.05, 4.69) is 26.9 Å². The zero-order valence-electron chi connectivity index (χ0n) is 10.9. The first-order valence-corrected chi connectivity index (χ1v) is 7.92. The van der Waals surface area contributed by atoms with Gasteiger partial charge in [-0.1, -0.05) is 0 Å². The minimum absolute atomic E-state index is 0.320. The standard InChI is InChI=1S/C13H18BrNO3S/c1-15(6-11-5-10(14)7-19-11)8-13(12(16)17)3-2-4-18-9-13/h5,7H,2-4,6,8-9H2,1H3,(H,16,17). The van der Waals surface area contributed by atoms with Gasteiger partial charge >= 0.3 is 5.97 Å². The van der Waals surface area contributed by atoms with Crippen molar-refractivity contribution in [3.8, 4) is 0 Å². The maximum Gasteiger partial charge on any atom is 0.313 e. The molecule has 19 heavy (non-hydrogen) atoms. The average Bonchev–Trinajstić information content (AvgIpc) is 2.75. The summed E-state index contributed by atoms with van der Waals surface area (Å²) in [5, 5.41) is 11.5. The van der Waals surface area contributed by atoms with Crippen molar-refractivity contribution in [2.24, 2.45) is 5.41 Å². The summed E-state index contributed by atoms with van der Waals surface area (Å²) in [5.41, 5.74) is -0.749. The molecule has 0 spiro atoms. The van der Waals surface area contributed by atoms with Crippen LogP contribution >= 0.6 is 27.3 Å². The molecule has 0 bridgehead atoms. The lowest BCUT2D eigenvalue weighted by atomic mass is 9.82. The lowest BCUT2D eigenvalue weighted by Crippen LogP contribution is -2.47. The number of nitrogens with zero attached hydrogens (tertiary/aromatic N) is 1. The van der Waals surface area contributed by atoms with Crippen LogP contribution in [0.1, 0.15) is 17.7 Å². The molecule has 0 radical (unpaired) electrons. The topological polar surface area (TPSA) is 49.8 Å². The van der Waals surface area contributed by atoms with E-state index >= 15 is 0 Å². The number of halogens is 1. The Morgan fingerprint density at radius 1 is 1.68 bits per heavy atom. The van der Waals surface area contributed by atoms with Crippen molar-refractivity contribution < 1.29 is 14.6 Å². The van der Waals surface area contributed by atoms with E-state index in [0.29, 0.717) is 26.2 Å². The largest absolute Gasteiger partial charge is 0.481 e. The zero-order chi connectivity index (χ0) is 13.9. The van der Waals surface area contributed by atoms with Crippen LogP contribution in [0.15, 0.2) is 15.9 Å². The quantitative estimate of drug-likeness (QED) is 0.889. The van der Waals surface area contributed by atoms with E-state index in [1.54, 1.807) is 11.3 Å². The molecule has 1 N–H and O–H groups in total. The molecule has 0 saturated carbocycles. The third-order valence-corrected chi connectivity index (χ3v) is 5.08. The second-order valence-corrected chi connectivity index (χ2v) is 7.06. The SMILES string of the molecule is CN(Cc1cc(Br)cs1)CC1(C(=O)O)CCCOC1. The molecule has 1 fully saturated rings. The highest BCUT2D eigenvalue weighted by atomic mass is 79.9. The van der Waals surface area contributed by atoms with E-state index in [1.807, 2.05) is 12.4 Å². The fourth-order valence-corrected chi connectivity index (χ4v) is 4.02.